The number of fused-ring (bicyclic) bond motifs is 2. The van der Waals surface area contributed by atoms with Crippen LogP contribution in [0.1, 0.15) is 39.0 Å². The van der Waals surface area contributed by atoms with Gasteiger partial charge >= 0.3 is 0 Å². The molecule has 4 aromatic heterocycles. The molecule has 0 saturated heterocycles. The summed E-state index contributed by atoms with van der Waals surface area (Å²) < 4.78 is 7.46. The molecule has 1 saturated carbocycles. The standard InChI is InChI=1S/C22H26N6O2/c1-3-22(29)8-4-15(5-9-22)25-21-26-19-18(20(27-21)30-2)17(13-23-19)14-7-11-28-16(12-14)6-10-24-28/h6-7,10-13,15,29H,3-5,8-9H2,1-2H3,(H2,23,25,26,27)/t15-,22-. The second-order valence-electron chi connectivity index (χ2n) is 8.10. The molecule has 1 aliphatic carbocycles. The van der Waals surface area contributed by atoms with E-state index in [2.05, 4.69) is 26.4 Å². The van der Waals surface area contributed by atoms with E-state index in [4.69, 9.17) is 9.72 Å². The van der Waals surface area contributed by atoms with Crippen molar-refractivity contribution in [1.29, 1.82) is 0 Å². The first-order chi connectivity index (χ1) is 14.6. The van der Waals surface area contributed by atoms with Gasteiger partial charge in [0.25, 0.3) is 0 Å². The van der Waals surface area contributed by atoms with E-state index in [1.54, 1.807) is 13.3 Å². The molecule has 0 aromatic carbocycles. The van der Waals surface area contributed by atoms with Gasteiger partial charge in [0.2, 0.25) is 11.8 Å². The lowest BCUT2D eigenvalue weighted by atomic mass is 9.80. The quantitative estimate of drug-likeness (QED) is 0.466. The summed E-state index contributed by atoms with van der Waals surface area (Å²) in [6.07, 6.45) is 9.84. The average Bonchev–Trinajstić information content (AvgIpc) is 3.41. The van der Waals surface area contributed by atoms with E-state index in [-0.39, 0.29) is 6.04 Å². The predicted octanol–water partition coefficient (Wildman–Crippen LogP) is 3.78. The molecule has 1 aliphatic rings. The summed E-state index contributed by atoms with van der Waals surface area (Å²) in [5.74, 6) is 1.08. The van der Waals surface area contributed by atoms with Crippen LogP contribution in [0.2, 0.25) is 0 Å². The number of methoxy groups -OCH3 is 1. The van der Waals surface area contributed by atoms with Gasteiger partial charge in [0.15, 0.2) is 0 Å². The van der Waals surface area contributed by atoms with Crippen molar-refractivity contribution in [3.05, 3.63) is 36.8 Å². The largest absolute Gasteiger partial charge is 0.480 e. The molecule has 156 valence electrons. The predicted molar refractivity (Wildman–Crippen MR) is 116 cm³/mol. The van der Waals surface area contributed by atoms with Crippen LogP contribution in [0.4, 0.5) is 5.95 Å². The molecule has 0 unspecified atom stereocenters. The van der Waals surface area contributed by atoms with E-state index < -0.39 is 5.60 Å². The van der Waals surface area contributed by atoms with Crippen molar-refractivity contribution < 1.29 is 9.84 Å². The second-order valence-corrected chi connectivity index (χ2v) is 8.10. The topological polar surface area (TPSA) is 100 Å². The summed E-state index contributed by atoms with van der Waals surface area (Å²) in [6, 6.07) is 6.32. The number of aromatic amines is 1. The maximum Gasteiger partial charge on any atom is 0.228 e. The fourth-order valence-corrected chi connectivity index (χ4v) is 4.36. The van der Waals surface area contributed by atoms with E-state index >= 15 is 0 Å². The van der Waals surface area contributed by atoms with Crippen molar-refractivity contribution in [3.63, 3.8) is 0 Å². The van der Waals surface area contributed by atoms with Gasteiger partial charge in [-0.2, -0.15) is 15.1 Å². The SMILES string of the molecule is CC[C@]1(O)CC[C@H](Nc2nc(OC)c3c(-c4ccn5nccc5c4)c[nH]c3n2)CC1. The van der Waals surface area contributed by atoms with Crippen LogP contribution in [0.25, 0.3) is 27.7 Å². The van der Waals surface area contributed by atoms with Gasteiger partial charge in [-0.15, -0.1) is 0 Å². The summed E-state index contributed by atoms with van der Waals surface area (Å²) in [7, 11) is 1.63. The fraction of sp³-hybridized carbons (Fsp3) is 0.409. The van der Waals surface area contributed by atoms with Crippen LogP contribution in [0.3, 0.4) is 0 Å². The highest BCUT2D eigenvalue weighted by atomic mass is 16.5. The van der Waals surface area contributed by atoms with Crippen LogP contribution < -0.4 is 10.1 Å². The highest BCUT2D eigenvalue weighted by Gasteiger charge is 2.31. The van der Waals surface area contributed by atoms with E-state index in [0.717, 1.165) is 59.8 Å². The lowest BCUT2D eigenvalue weighted by molar-refractivity contribution is -0.00198. The molecular formula is C22H26N6O2. The van der Waals surface area contributed by atoms with Crippen LogP contribution in [-0.2, 0) is 0 Å². The number of nitrogens with zero attached hydrogens (tertiary/aromatic N) is 4. The van der Waals surface area contributed by atoms with Crippen LogP contribution in [0, 0.1) is 0 Å². The normalized spacial score (nSPS) is 21.9. The minimum Gasteiger partial charge on any atom is -0.480 e. The third-order valence-electron chi connectivity index (χ3n) is 6.31. The van der Waals surface area contributed by atoms with Crippen molar-refractivity contribution in [3.8, 4) is 17.0 Å². The van der Waals surface area contributed by atoms with Crippen molar-refractivity contribution in [2.75, 3.05) is 12.4 Å². The number of nitrogens with one attached hydrogen (secondary N) is 2. The summed E-state index contributed by atoms with van der Waals surface area (Å²) in [6.45, 7) is 2.04. The first-order valence-electron chi connectivity index (χ1n) is 10.4. The number of hydrogen-bond donors (Lipinski definition) is 3. The maximum absolute atomic E-state index is 10.5. The van der Waals surface area contributed by atoms with Gasteiger partial charge in [0.05, 0.1) is 23.6 Å². The zero-order valence-corrected chi connectivity index (χ0v) is 17.2. The zero-order valence-electron chi connectivity index (χ0n) is 17.2. The summed E-state index contributed by atoms with van der Waals surface area (Å²) in [4.78, 5) is 12.6. The molecule has 5 rings (SSSR count). The van der Waals surface area contributed by atoms with E-state index in [0.29, 0.717) is 11.8 Å². The van der Waals surface area contributed by atoms with Gasteiger partial charge in [-0.1, -0.05) is 6.92 Å². The molecule has 0 amide bonds. The molecule has 3 N–H and O–H groups in total. The third-order valence-corrected chi connectivity index (χ3v) is 6.31. The highest BCUT2D eigenvalue weighted by Crippen LogP contribution is 2.36. The molecule has 8 nitrogen and oxygen atoms in total. The van der Waals surface area contributed by atoms with Gasteiger partial charge in [-0.3, -0.25) is 0 Å². The number of pyridine rings is 1. The molecule has 0 bridgehead atoms. The minimum atomic E-state index is -0.522. The Balaban J connectivity index is 1.46. The van der Waals surface area contributed by atoms with Crippen molar-refractivity contribution in [1.82, 2.24) is 24.6 Å². The molecular weight excluding hydrogens is 380 g/mol. The Morgan fingerprint density at radius 3 is 2.90 bits per heavy atom. The number of aromatic nitrogens is 5. The number of H-pyrrole nitrogens is 1. The second kappa shape index (κ2) is 7.28. The Bertz CT molecular complexity index is 1190. The van der Waals surface area contributed by atoms with Crippen LogP contribution in [0.5, 0.6) is 5.88 Å². The fourth-order valence-electron chi connectivity index (χ4n) is 4.36. The lowest BCUT2D eigenvalue weighted by Gasteiger charge is -2.35. The van der Waals surface area contributed by atoms with Gasteiger partial charge in [-0.25, -0.2) is 4.52 Å². The van der Waals surface area contributed by atoms with E-state index in [1.165, 1.54) is 0 Å². The van der Waals surface area contributed by atoms with Crippen molar-refractivity contribution in [2.45, 2.75) is 50.7 Å². The highest BCUT2D eigenvalue weighted by molar-refractivity contribution is 5.98. The van der Waals surface area contributed by atoms with Crippen LogP contribution >= 0.6 is 0 Å². The minimum absolute atomic E-state index is 0.248. The Morgan fingerprint density at radius 1 is 1.30 bits per heavy atom. The van der Waals surface area contributed by atoms with E-state index in [1.807, 2.05) is 36.0 Å². The first-order valence-corrected chi connectivity index (χ1v) is 10.4. The Labute approximate surface area is 174 Å². The number of rotatable bonds is 5. The molecule has 1 fully saturated rings. The molecule has 4 aromatic rings. The molecule has 8 heteroatoms. The first kappa shape index (κ1) is 18.9. The molecule has 0 spiro atoms. The molecule has 4 heterocycles. The average molecular weight is 406 g/mol. The van der Waals surface area contributed by atoms with Gasteiger partial charge in [0.1, 0.15) is 5.65 Å². The molecule has 0 aliphatic heterocycles. The van der Waals surface area contributed by atoms with Crippen molar-refractivity contribution >= 4 is 22.5 Å². The number of ether oxygens (including phenoxy) is 1. The summed E-state index contributed by atoms with van der Waals surface area (Å²) >= 11 is 0. The monoisotopic (exact) mass is 406 g/mol. The van der Waals surface area contributed by atoms with Gasteiger partial charge in [-0.05, 0) is 55.9 Å². The molecule has 30 heavy (non-hydrogen) atoms. The Morgan fingerprint density at radius 2 is 2.13 bits per heavy atom. The maximum atomic E-state index is 10.5. The summed E-state index contributed by atoms with van der Waals surface area (Å²) in [5, 5.41) is 19.0. The smallest absolute Gasteiger partial charge is 0.228 e. The third kappa shape index (κ3) is 3.27. The number of hydrogen-bond acceptors (Lipinski definition) is 6. The Kier molecular flexibility index (Phi) is 4.58. The van der Waals surface area contributed by atoms with Crippen molar-refractivity contribution in [2.24, 2.45) is 0 Å². The number of aliphatic hydroxyl groups is 1. The lowest BCUT2D eigenvalue weighted by Crippen LogP contribution is -2.38. The van der Waals surface area contributed by atoms with E-state index in [9.17, 15) is 5.11 Å². The number of anilines is 1. The molecule has 0 atom stereocenters. The van der Waals surface area contributed by atoms with Gasteiger partial charge in [0, 0.05) is 30.2 Å². The Hall–Kier alpha value is -3.13. The summed E-state index contributed by atoms with van der Waals surface area (Å²) in [5.41, 5.74) is 3.26. The van der Waals surface area contributed by atoms with Gasteiger partial charge < -0.3 is 20.1 Å². The van der Waals surface area contributed by atoms with Crippen LogP contribution in [0.15, 0.2) is 36.8 Å². The molecule has 0 radical (unpaired) electrons. The van der Waals surface area contributed by atoms with Crippen LogP contribution in [-0.4, -0.2) is 48.4 Å². The zero-order chi connectivity index (χ0) is 20.7.